The van der Waals surface area contributed by atoms with E-state index in [9.17, 15) is 0 Å². The number of nitrogens with zero attached hydrogens (tertiary/aromatic N) is 2. The zero-order chi connectivity index (χ0) is 10.4. The minimum Gasteiger partial charge on any atom is -0.369 e. The van der Waals surface area contributed by atoms with E-state index in [0.717, 1.165) is 6.54 Å². The molecule has 0 aliphatic carbocycles. The molecular weight excluding hydrogens is 178 g/mol. The third kappa shape index (κ3) is 3.51. The SMILES string of the molecule is CC(CN=C(N)NN)N1CCCCC1. The summed E-state index contributed by atoms with van der Waals surface area (Å²) in [5, 5.41) is 0. The lowest BCUT2D eigenvalue weighted by Gasteiger charge is -2.31. The molecular formula is C9H21N5. The Morgan fingerprint density at radius 2 is 2.07 bits per heavy atom. The number of hydrogen-bond donors (Lipinski definition) is 3. The molecule has 0 amide bonds. The molecule has 1 heterocycles. The van der Waals surface area contributed by atoms with Crippen LogP contribution in [0.5, 0.6) is 0 Å². The van der Waals surface area contributed by atoms with Gasteiger partial charge in [0.15, 0.2) is 0 Å². The van der Waals surface area contributed by atoms with Crippen LogP contribution in [0.4, 0.5) is 0 Å². The lowest BCUT2D eigenvalue weighted by atomic mass is 10.1. The quantitative estimate of drug-likeness (QED) is 0.251. The summed E-state index contributed by atoms with van der Waals surface area (Å²) in [6, 6.07) is 0.460. The monoisotopic (exact) mass is 199 g/mol. The average Bonchev–Trinajstić information content (AvgIpc) is 2.26. The fourth-order valence-corrected chi connectivity index (χ4v) is 1.75. The van der Waals surface area contributed by atoms with Gasteiger partial charge in [0.05, 0.1) is 6.54 Å². The first kappa shape index (κ1) is 11.3. The van der Waals surface area contributed by atoms with Gasteiger partial charge >= 0.3 is 0 Å². The summed E-state index contributed by atoms with van der Waals surface area (Å²) >= 11 is 0. The van der Waals surface area contributed by atoms with Crippen LogP contribution in [0.3, 0.4) is 0 Å². The van der Waals surface area contributed by atoms with Crippen molar-refractivity contribution in [2.45, 2.75) is 32.2 Å². The van der Waals surface area contributed by atoms with Crippen LogP contribution in [0.2, 0.25) is 0 Å². The van der Waals surface area contributed by atoms with Crippen LogP contribution >= 0.6 is 0 Å². The van der Waals surface area contributed by atoms with Crippen LogP contribution in [0.15, 0.2) is 4.99 Å². The summed E-state index contributed by atoms with van der Waals surface area (Å²) in [5.74, 6) is 5.43. The van der Waals surface area contributed by atoms with Crippen molar-refractivity contribution in [3.05, 3.63) is 0 Å². The summed E-state index contributed by atoms with van der Waals surface area (Å²) in [6.07, 6.45) is 3.97. The Hall–Kier alpha value is -0.810. The molecule has 1 saturated heterocycles. The van der Waals surface area contributed by atoms with Gasteiger partial charge < -0.3 is 5.73 Å². The van der Waals surface area contributed by atoms with Crippen molar-refractivity contribution in [1.29, 1.82) is 0 Å². The second-order valence-corrected chi connectivity index (χ2v) is 3.82. The first-order chi connectivity index (χ1) is 6.74. The third-order valence-electron chi connectivity index (χ3n) is 2.69. The first-order valence-electron chi connectivity index (χ1n) is 5.24. The molecule has 1 atom stereocenters. The molecule has 5 heteroatoms. The Labute approximate surface area is 85.5 Å². The molecule has 14 heavy (non-hydrogen) atoms. The van der Waals surface area contributed by atoms with Crippen molar-refractivity contribution in [3.63, 3.8) is 0 Å². The number of piperidine rings is 1. The zero-order valence-corrected chi connectivity index (χ0v) is 8.87. The molecule has 0 saturated carbocycles. The van der Waals surface area contributed by atoms with Crippen molar-refractivity contribution in [3.8, 4) is 0 Å². The summed E-state index contributed by atoms with van der Waals surface area (Å²) in [7, 11) is 0. The van der Waals surface area contributed by atoms with Gasteiger partial charge in [0, 0.05) is 6.04 Å². The molecule has 0 spiro atoms. The largest absolute Gasteiger partial charge is 0.369 e. The Bertz CT molecular complexity index is 186. The Balaban J connectivity index is 2.29. The smallest absolute Gasteiger partial charge is 0.203 e. The van der Waals surface area contributed by atoms with E-state index in [2.05, 4.69) is 22.2 Å². The van der Waals surface area contributed by atoms with Crippen molar-refractivity contribution >= 4 is 5.96 Å². The summed E-state index contributed by atoms with van der Waals surface area (Å²) in [5.41, 5.74) is 7.78. The molecule has 0 aromatic rings. The molecule has 0 radical (unpaired) electrons. The minimum atomic E-state index is 0.314. The van der Waals surface area contributed by atoms with Crippen molar-refractivity contribution < 1.29 is 0 Å². The summed E-state index contributed by atoms with van der Waals surface area (Å²) in [6.45, 7) is 5.27. The average molecular weight is 199 g/mol. The highest BCUT2D eigenvalue weighted by Gasteiger charge is 2.15. The second kappa shape index (κ2) is 5.82. The summed E-state index contributed by atoms with van der Waals surface area (Å²) < 4.78 is 0. The van der Waals surface area contributed by atoms with Gasteiger partial charge in [-0.25, -0.2) is 5.84 Å². The van der Waals surface area contributed by atoms with E-state index < -0.39 is 0 Å². The predicted molar refractivity (Wildman–Crippen MR) is 58.7 cm³/mol. The van der Waals surface area contributed by atoms with E-state index in [1.807, 2.05) is 0 Å². The molecule has 5 N–H and O–H groups in total. The summed E-state index contributed by atoms with van der Waals surface area (Å²) in [4.78, 5) is 6.59. The first-order valence-corrected chi connectivity index (χ1v) is 5.24. The highest BCUT2D eigenvalue weighted by molar-refractivity contribution is 5.77. The number of hydrazine groups is 1. The maximum Gasteiger partial charge on any atom is 0.203 e. The van der Waals surface area contributed by atoms with Crippen LogP contribution in [-0.4, -0.2) is 36.5 Å². The Morgan fingerprint density at radius 1 is 1.43 bits per heavy atom. The normalized spacial score (nSPS) is 22.0. The standard InChI is InChI=1S/C9H21N5/c1-8(7-12-9(10)13-11)14-5-3-2-4-6-14/h8H,2-7,11H2,1H3,(H3,10,12,13). The lowest BCUT2D eigenvalue weighted by Crippen LogP contribution is -2.41. The number of nitrogens with one attached hydrogen (secondary N) is 1. The molecule has 0 aromatic heterocycles. The van der Waals surface area contributed by atoms with E-state index in [1.54, 1.807) is 0 Å². The van der Waals surface area contributed by atoms with Gasteiger partial charge in [-0.15, -0.1) is 0 Å². The van der Waals surface area contributed by atoms with E-state index >= 15 is 0 Å². The van der Waals surface area contributed by atoms with Crippen LogP contribution < -0.4 is 17.0 Å². The molecule has 1 rings (SSSR count). The fraction of sp³-hybridized carbons (Fsp3) is 0.889. The van der Waals surface area contributed by atoms with Gasteiger partial charge in [0.25, 0.3) is 0 Å². The lowest BCUT2D eigenvalue weighted by molar-refractivity contribution is 0.178. The number of nitrogens with two attached hydrogens (primary N) is 2. The number of likely N-dealkylation sites (tertiary alicyclic amines) is 1. The van der Waals surface area contributed by atoms with E-state index in [4.69, 9.17) is 11.6 Å². The number of hydrogen-bond acceptors (Lipinski definition) is 3. The van der Waals surface area contributed by atoms with Crippen LogP contribution in [0, 0.1) is 0 Å². The topological polar surface area (TPSA) is 79.7 Å². The maximum absolute atomic E-state index is 5.45. The fourth-order valence-electron chi connectivity index (χ4n) is 1.75. The van der Waals surface area contributed by atoms with E-state index in [1.165, 1.54) is 32.4 Å². The van der Waals surface area contributed by atoms with Crippen molar-refractivity contribution in [2.24, 2.45) is 16.6 Å². The number of rotatable bonds is 3. The molecule has 0 aromatic carbocycles. The number of aliphatic imine (C=N–C) groups is 1. The third-order valence-corrected chi connectivity index (χ3v) is 2.69. The molecule has 1 fully saturated rings. The Kier molecular flexibility index (Phi) is 4.69. The van der Waals surface area contributed by atoms with E-state index in [-0.39, 0.29) is 0 Å². The zero-order valence-electron chi connectivity index (χ0n) is 8.87. The van der Waals surface area contributed by atoms with Gasteiger partial charge in [-0.05, 0) is 32.9 Å². The van der Waals surface area contributed by atoms with Crippen molar-refractivity contribution in [2.75, 3.05) is 19.6 Å². The molecule has 1 unspecified atom stereocenters. The predicted octanol–water partition coefficient (Wildman–Crippen LogP) is -0.361. The highest BCUT2D eigenvalue weighted by atomic mass is 15.3. The maximum atomic E-state index is 5.45. The van der Waals surface area contributed by atoms with Crippen LogP contribution in [-0.2, 0) is 0 Å². The van der Waals surface area contributed by atoms with Gasteiger partial charge in [-0.2, -0.15) is 0 Å². The molecule has 0 bridgehead atoms. The van der Waals surface area contributed by atoms with Gasteiger partial charge in [0.1, 0.15) is 0 Å². The van der Waals surface area contributed by atoms with Gasteiger partial charge in [0.2, 0.25) is 5.96 Å². The minimum absolute atomic E-state index is 0.314. The van der Waals surface area contributed by atoms with Crippen LogP contribution in [0.25, 0.3) is 0 Å². The number of guanidine groups is 1. The molecule has 82 valence electrons. The molecule has 1 aliphatic rings. The Morgan fingerprint density at radius 3 is 2.64 bits per heavy atom. The molecule has 5 nitrogen and oxygen atoms in total. The van der Waals surface area contributed by atoms with Gasteiger partial charge in [-0.3, -0.25) is 15.3 Å². The molecule has 1 aliphatic heterocycles. The van der Waals surface area contributed by atoms with E-state index in [0.29, 0.717) is 12.0 Å². The second-order valence-electron chi connectivity index (χ2n) is 3.82. The van der Waals surface area contributed by atoms with Crippen molar-refractivity contribution in [1.82, 2.24) is 10.3 Å². The highest BCUT2D eigenvalue weighted by Crippen LogP contribution is 2.11. The van der Waals surface area contributed by atoms with Crippen LogP contribution in [0.1, 0.15) is 26.2 Å². The van der Waals surface area contributed by atoms with Gasteiger partial charge in [-0.1, -0.05) is 6.42 Å².